The van der Waals surface area contributed by atoms with Crippen molar-refractivity contribution in [3.05, 3.63) is 0 Å². The highest BCUT2D eigenvalue weighted by atomic mass is 16.5. The molecule has 1 fully saturated rings. The van der Waals surface area contributed by atoms with Crippen molar-refractivity contribution in [3.63, 3.8) is 0 Å². The molecule has 0 radical (unpaired) electrons. The molecule has 0 bridgehead atoms. The average Bonchev–Trinajstić information content (AvgIpc) is 2.33. The summed E-state index contributed by atoms with van der Waals surface area (Å²) >= 11 is 0. The predicted octanol–water partition coefficient (Wildman–Crippen LogP) is 0.929. The Kier molecular flexibility index (Phi) is 4.37. The Bertz CT molecular complexity index is 335. The lowest BCUT2D eigenvalue weighted by Gasteiger charge is -2.43. The molecule has 1 heterocycles. The van der Waals surface area contributed by atoms with Crippen molar-refractivity contribution in [1.29, 1.82) is 0 Å². The lowest BCUT2D eigenvalue weighted by molar-refractivity contribution is -0.153. The van der Waals surface area contributed by atoms with Crippen LogP contribution in [0.1, 0.15) is 40.5 Å². The molecule has 104 valence electrons. The van der Waals surface area contributed by atoms with Gasteiger partial charge in [-0.05, 0) is 26.7 Å². The highest BCUT2D eigenvalue weighted by molar-refractivity contribution is 5.97. The topological polar surface area (TPSA) is 58.6 Å². The van der Waals surface area contributed by atoms with E-state index in [1.165, 1.54) is 0 Å². The number of carbonyl (C=O) groups excluding carboxylic acids is 2. The van der Waals surface area contributed by atoms with Gasteiger partial charge in [-0.2, -0.15) is 0 Å². The second-order valence-electron chi connectivity index (χ2n) is 5.46. The molecule has 0 aromatic carbocycles. The summed E-state index contributed by atoms with van der Waals surface area (Å²) in [4.78, 5) is 25.9. The number of amides is 2. The van der Waals surface area contributed by atoms with Crippen molar-refractivity contribution in [3.8, 4) is 0 Å². The average molecular weight is 256 g/mol. The summed E-state index contributed by atoms with van der Waals surface area (Å²) in [5.74, 6) is -0.0950. The second kappa shape index (κ2) is 5.26. The quantitative estimate of drug-likeness (QED) is 0.796. The van der Waals surface area contributed by atoms with E-state index in [9.17, 15) is 9.59 Å². The fourth-order valence-electron chi connectivity index (χ4n) is 2.29. The van der Waals surface area contributed by atoms with Gasteiger partial charge in [-0.25, -0.2) is 0 Å². The normalized spacial score (nSPS) is 19.9. The number of piperazine rings is 1. The van der Waals surface area contributed by atoms with Gasteiger partial charge < -0.3 is 15.0 Å². The van der Waals surface area contributed by atoms with Crippen molar-refractivity contribution < 1.29 is 14.3 Å². The van der Waals surface area contributed by atoms with Crippen LogP contribution in [0.25, 0.3) is 0 Å². The molecule has 0 atom stereocenters. The third-order valence-electron chi connectivity index (χ3n) is 3.74. The van der Waals surface area contributed by atoms with Crippen LogP contribution in [0.2, 0.25) is 0 Å². The minimum Gasteiger partial charge on any atom is -0.377 e. The molecule has 0 unspecified atom stereocenters. The Morgan fingerprint density at radius 2 is 1.89 bits per heavy atom. The van der Waals surface area contributed by atoms with Crippen LogP contribution in [0, 0.1) is 0 Å². The maximum Gasteiger partial charge on any atom is 0.248 e. The van der Waals surface area contributed by atoms with Gasteiger partial charge in [0.15, 0.2) is 0 Å². The summed E-state index contributed by atoms with van der Waals surface area (Å²) in [6.45, 7) is 8.21. The van der Waals surface area contributed by atoms with E-state index in [1.54, 1.807) is 12.0 Å². The minimum absolute atomic E-state index is 0.00257. The van der Waals surface area contributed by atoms with Gasteiger partial charge in [0.25, 0.3) is 0 Å². The summed E-state index contributed by atoms with van der Waals surface area (Å²) in [6, 6.07) is 0. The maximum absolute atomic E-state index is 12.5. The summed E-state index contributed by atoms with van der Waals surface area (Å²) < 4.78 is 5.33. The standard InChI is InChI=1S/C13H24N2O3/c1-6-13(7-2)11(17)15(8-10(16)14-13)9-12(3,4)18-5/h6-9H2,1-5H3,(H,14,16). The number of methoxy groups -OCH3 is 1. The fraction of sp³-hybridized carbons (Fsp3) is 0.846. The van der Waals surface area contributed by atoms with Crippen molar-refractivity contribution in [2.24, 2.45) is 0 Å². The van der Waals surface area contributed by atoms with Crippen molar-refractivity contribution >= 4 is 11.8 Å². The van der Waals surface area contributed by atoms with Crippen LogP contribution in [-0.4, -0.2) is 48.1 Å². The van der Waals surface area contributed by atoms with Gasteiger partial charge in [-0.3, -0.25) is 9.59 Å². The van der Waals surface area contributed by atoms with E-state index in [4.69, 9.17) is 4.74 Å². The van der Waals surface area contributed by atoms with Crippen LogP contribution < -0.4 is 5.32 Å². The van der Waals surface area contributed by atoms with E-state index in [0.29, 0.717) is 19.4 Å². The van der Waals surface area contributed by atoms with Gasteiger partial charge in [0.05, 0.1) is 12.1 Å². The Hall–Kier alpha value is -1.10. The number of carbonyl (C=O) groups is 2. The molecular formula is C13H24N2O3. The Morgan fingerprint density at radius 3 is 2.33 bits per heavy atom. The number of hydrogen-bond acceptors (Lipinski definition) is 3. The molecular weight excluding hydrogens is 232 g/mol. The van der Waals surface area contributed by atoms with Crippen molar-refractivity contribution in [1.82, 2.24) is 10.2 Å². The Balaban J connectivity index is 2.93. The first kappa shape index (κ1) is 15.0. The van der Waals surface area contributed by atoms with E-state index in [2.05, 4.69) is 5.32 Å². The minimum atomic E-state index is -0.737. The molecule has 0 saturated carbocycles. The molecule has 2 amide bonds. The first-order valence-corrected chi connectivity index (χ1v) is 6.46. The molecule has 0 aromatic rings. The van der Waals surface area contributed by atoms with Crippen molar-refractivity contribution in [2.75, 3.05) is 20.2 Å². The van der Waals surface area contributed by atoms with Gasteiger partial charge in [0.1, 0.15) is 5.54 Å². The summed E-state index contributed by atoms with van der Waals surface area (Å²) in [5, 5.41) is 2.84. The lowest BCUT2D eigenvalue weighted by Crippen LogP contribution is -2.67. The number of nitrogens with one attached hydrogen (secondary N) is 1. The summed E-state index contributed by atoms with van der Waals surface area (Å²) in [7, 11) is 1.61. The molecule has 1 aliphatic heterocycles. The number of nitrogens with zero attached hydrogens (tertiary/aromatic N) is 1. The van der Waals surface area contributed by atoms with Crippen LogP contribution >= 0.6 is 0 Å². The lowest BCUT2D eigenvalue weighted by atomic mass is 9.88. The highest BCUT2D eigenvalue weighted by Crippen LogP contribution is 2.24. The molecule has 5 nitrogen and oxygen atoms in total. The number of hydrogen-bond donors (Lipinski definition) is 1. The highest BCUT2D eigenvalue weighted by Gasteiger charge is 2.45. The Morgan fingerprint density at radius 1 is 1.33 bits per heavy atom. The number of ether oxygens (including phenoxy) is 1. The first-order valence-electron chi connectivity index (χ1n) is 6.46. The van der Waals surface area contributed by atoms with Crippen LogP contribution in [0.5, 0.6) is 0 Å². The van der Waals surface area contributed by atoms with E-state index < -0.39 is 11.1 Å². The van der Waals surface area contributed by atoms with E-state index in [0.717, 1.165) is 0 Å². The molecule has 0 aromatic heterocycles. The molecule has 1 aliphatic rings. The monoisotopic (exact) mass is 256 g/mol. The third-order valence-corrected chi connectivity index (χ3v) is 3.74. The van der Waals surface area contributed by atoms with Crippen LogP contribution in [0.3, 0.4) is 0 Å². The maximum atomic E-state index is 12.5. The van der Waals surface area contributed by atoms with Gasteiger partial charge >= 0.3 is 0 Å². The summed E-state index contributed by atoms with van der Waals surface area (Å²) in [5.41, 5.74) is -1.18. The zero-order valence-corrected chi connectivity index (χ0v) is 12.0. The smallest absolute Gasteiger partial charge is 0.248 e. The molecule has 1 saturated heterocycles. The molecule has 0 spiro atoms. The van der Waals surface area contributed by atoms with Crippen LogP contribution in [-0.2, 0) is 14.3 Å². The van der Waals surface area contributed by atoms with Gasteiger partial charge in [0, 0.05) is 13.7 Å². The molecule has 1 N–H and O–H groups in total. The van der Waals surface area contributed by atoms with Crippen LogP contribution in [0.15, 0.2) is 0 Å². The molecule has 18 heavy (non-hydrogen) atoms. The largest absolute Gasteiger partial charge is 0.377 e. The third kappa shape index (κ3) is 2.83. The van der Waals surface area contributed by atoms with E-state index in [-0.39, 0.29) is 18.4 Å². The Labute approximate surface area is 109 Å². The SMILES string of the molecule is CCC1(CC)NC(=O)CN(CC(C)(C)OC)C1=O. The van der Waals surface area contributed by atoms with E-state index >= 15 is 0 Å². The summed E-state index contributed by atoms with van der Waals surface area (Å²) in [6.07, 6.45) is 1.22. The molecule has 5 heteroatoms. The van der Waals surface area contributed by atoms with Gasteiger partial charge in [0.2, 0.25) is 11.8 Å². The second-order valence-corrected chi connectivity index (χ2v) is 5.46. The predicted molar refractivity (Wildman–Crippen MR) is 69.1 cm³/mol. The van der Waals surface area contributed by atoms with Crippen molar-refractivity contribution in [2.45, 2.75) is 51.7 Å². The van der Waals surface area contributed by atoms with E-state index in [1.807, 2.05) is 27.7 Å². The van der Waals surface area contributed by atoms with Gasteiger partial charge in [-0.15, -0.1) is 0 Å². The van der Waals surface area contributed by atoms with Gasteiger partial charge in [-0.1, -0.05) is 13.8 Å². The fourth-order valence-corrected chi connectivity index (χ4v) is 2.29. The van der Waals surface area contributed by atoms with Crippen LogP contribution in [0.4, 0.5) is 0 Å². The zero-order valence-electron chi connectivity index (χ0n) is 12.0. The molecule has 1 rings (SSSR count). The molecule has 0 aliphatic carbocycles. The number of rotatable bonds is 5. The zero-order chi connectivity index (χ0) is 14.0. The first-order chi connectivity index (χ1) is 8.30.